The van der Waals surface area contributed by atoms with Crippen LogP contribution in [0.2, 0.25) is 0 Å². The van der Waals surface area contributed by atoms with Crippen LogP contribution in [0.5, 0.6) is 0 Å². The molecule has 0 saturated carbocycles. The van der Waals surface area contributed by atoms with Crippen LogP contribution < -0.4 is 5.32 Å². The van der Waals surface area contributed by atoms with Crippen LogP contribution in [0.15, 0.2) is 0 Å². The number of ether oxygens (including phenoxy) is 1. The first-order valence-corrected chi connectivity index (χ1v) is 7.84. The lowest BCUT2D eigenvalue weighted by Gasteiger charge is -2.45. The monoisotopic (exact) mass is 269 g/mol. The van der Waals surface area contributed by atoms with Crippen LogP contribution in [0.1, 0.15) is 26.2 Å². The fourth-order valence-electron chi connectivity index (χ4n) is 3.64. The van der Waals surface area contributed by atoms with E-state index in [1.807, 2.05) is 0 Å². The molecule has 0 aromatic rings. The van der Waals surface area contributed by atoms with Crippen LogP contribution in [0.4, 0.5) is 0 Å². The number of hydrogen-bond acceptors (Lipinski definition) is 4. The van der Waals surface area contributed by atoms with Gasteiger partial charge in [0.1, 0.15) is 0 Å². The van der Waals surface area contributed by atoms with Crippen LogP contribution in [0, 0.1) is 5.41 Å². The van der Waals surface area contributed by atoms with Crippen molar-refractivity contribution in [3.05, 3.63) is 0 Å². The van der Waals surface area contributed by atoms with Crippen molar-refractivity contribution in [3.8, 4) is 0 Å². The van der Waals surface area contributed by atoms with E-state index in [1.54, 1.807) is 0 Å². The zero-order chi connectivity index (χ0) is 13.7. The lowest BCUT2D eigenvalue weighted by Crippen LogP contribution is -2.55. The molecule has 2 aliphatic rings. The van der Waals surface area contributed by atoms with E-state index in [0.717, 1.165) is 25.8 Å². The molecule has 2 aliphatic heterocycles. The van der Waals surface area contributed by atoms with Crippen molar-refractivity contribution >= 4 is 0 Å². The van der Waals surface area contributed by atoms with Crippen LogP contribution in [-0.2, 0) is 4.74 Å². The van der Waals surface area contributed by atoms with Gasteiger partial charge in [0.15, 0.2) is 0 Å². The second kappa shape index (κ2) is 7.02. The number of hydrogen-bond donors (Lipinski definition) is 1. The molecule has 1 N–H and O–H groups in total. The predicted molar refractivity (Wildman–Crippen MR) is 79.6 cm³/mol. The minimum absolute atomic E-state index is 0.432. The molecule has 4 nitrogen and oxygen atoms in total. The number of nitrogens with one attached hydrogen (secondary N) is 1. The highest BCUT2D eigenvalue weighted by Gasteiger charge is 2.35. The summed E-state index contributed by atoms with van der Waals surface area (Å²) in [5.74, 6) is 0. The van der Waals surface area contributed by atoms with Crippen molar-refractivity contribution in [1.82, 2.24) is 15.1 Å². The number of rotatable bonds is 5. The molecule has 2 saturated heterocycles. The third-order valence-electron chi connectivity index (χ3n) is 5.00. The van der Waals surface area contributed by atoms with Gasteiger partial charge < -0.3 is 15.0 Å². The van der Waals surface area contributed by atoms with Crippen LogP contribution in [0.25, 0.3) is 0 Å². The zero-order valence-corrected chi connectivity index (χ0v) is 13.0. The molecule has 2 heterocycles. The highest BCUT2D eigenvalue weighted by molar-refractivity contribution is 4.89. The van der Waals surface area contributed by atoms with Gasteiger partial charge in [-0.2, -0.15) is 0 Å². The summed E-state index contributed by atoms with van der Waals surface area (Å²) in [4.78, 5) is 5.21. The van der Waals surface area contributed by atoms with E-state index in [-0.39, 0.29) is 0 Å². The van der Waals surface area contributed by atoms with Gasteiger partial charge in [0.25, 0.3) is 0 Å². The van der Waals surface area contributed by atoms with Gasteiger partial charge in [-0.05, 0) is 38.8 Å². The molecule has 19 heavy (non-hydrogen) atoms. The lowest BCUT2D eigenvalue weighted by molar-refractivity contribution is -0.0173. The van der Waals surface area contributed by atoms with E-state index >= 15 is 0 Å². The standard InChI is InChI=1S/C15H31N3O/c1-4-14-11-18(8-7-17(14)3)13-15(12-16-2)5-9-19-10-6-15/h14,16H,4-13H2,1-3H3. The van der Waals surface area contributed by atoms with E-state index in [1.165, 1.54) is 45.4 Å². The maximum atomic E-state index is 5.57. The van der Waals surface area contributed by atoms with Gasteiger partial charge in [-0.1, -0.05) is 6.92 Å². The molecule has 2 rings (SSSR count). The molecule has 2 fully saturated rings. The summed E-state index contributed by atoms with van der Waals surface area (Å²) in [5.41, 5.74) is 0.432. The van der Waals surface area contributed by atoms with E-state index in [4.69, 9.17) is 4.74 Å². The zero-order valence-electron chi connectivity index (χ0n) is 13.0. The van der Waals surface area contributed by atoms with E-state index < -0.39 is 0 Å². The Morgan fingerprint density at radius 2 is 2.00 bits per heavy atom. The minimum Gasteiger partial charge on any atom is -0.381 e. The first-order valence-electron chi connectivity index (χ1n) is 7.84. The smallest absolute Gasteiger partial charge is 0.0472 e. The molecule has 0 amide bonds. The van der Waals surface area contributed by atoms with Gasteiger partial charge in [-0.3, -0.25) is 4.90 Å². The average Bonchev–Trinajstić information content (AvgIpc) is 2.42. The Kier molecular flexibility index (Phi) is 5.63. The summed E-state index contributed by atoms with van der Waals surface area (Å²) in [6.45, 7) is 10.2. The molecule has 0 radical (unpaired) electrons. The normalized spacial score (nSPS) is 29.5. The Bertz CT molecular complexity index is 261. The third-order valence-corrected chi connectivity index (χ3v) is 5.00. The Hall–Kier alpha value is -0.160. The quantitative estimate of drug-likeness (QED) is 0.807. The highest BCUT2D eigenvalue weighted by atomic mass is 16.5. The molecule has 1 atom stereocenters. The molecule has 1 unspecified atom stereocenters. The number of nitrogens with zero attached hydrogens (tertiary/aromatic N) is 2. The summed E-state index contributed by atoms with van der Waals surface area (Å²) >= 11 is 0. The van der Waals surface area contributed by atoms with Gasteiger partial charge in [-0.25, -0.2) is 0 Å². The molecule has 112 valence electrons. The molecule has 0 aromatic heterocycles. The Morgan fingerprint density at radius 1 is 1.26 bits per heavy atom. The van der Waals surface area contributed by atoms with Crippen LogP contribution >= 0.6 is 0 Å². The fourth-order valence-corrected chi connectivity index (χ4v) is 3.64. The van der Waals surface area contributed by atoms with Crippen LogP contribution in [0.3, 0.4) is 0 Å². The third kappa shape index (κ3) is 3.91. The van der Waals surface area contributed by atoms with Crippen LogP contribution in [-0.4, -0.2) is 75.9 Å². The maximum Gasteiger partial charge on any atom is 0.0472 e. The molecule has 0 spiro atoms. The predicted octanol–water partition coefficient (Wildman–Crippen LogP) is 1.03. The average molecular weight is 269 g/mol. The van der Waals surface area contributed by atoms with Gasteiger partial charge in [0.05, 0.1) is 0 Å². The largest absolute Gasteiger partial charge is 0.381 e. The second-order valence-corrected chi connectivity index (χ2v) is 6.42. The SMILES string of the molecule is CCC1CN(CC2(CNC)CCOCC2)CCN1C. The van der Waals surface area contributed by atoms with Crippen molar-refractivity contribution < 1.29 is 4.74 Å². The highest BCUT2D eigenvalue weighted by Crippen LogP contribution is 2.31. The van der Waals surface area contributed by atoms with E-state index in [2.05, 4.69) is 36.1 Å². The van der Waals surface area contributed by atoms with Crippen molar-refractivity contribution in [1.29, 1.82) is 0 Å². The molecule has 0 aromatic carbocycles. The summed E-state index contributed by atoms with van der Waals surface area (Å²) in [6, 6.07) is 0.736. The molecular formula is C15H31N3O. The van der Waals surface area contributed by atoms with Gasteiger partial charge in [0, 0.05) is 52.0 Å². The Morgan fingerprint density at radius 3 is 2.63 bits per heavy atom. The molecule has 4 heteroatoms. The fraction of sp³-hybridized carbons (Fsp3) is 1.00. The maximum absolute atomic E-state index is 5.57. The lowest BCUT2D eigenvalue weighted by atomic mass is 9.79. The van der Waals surface area contributed by atoms with Crippen molar-refractivity contribution in [2.45, 2.75) is 32.2 Å². The van der Waals surface area contributed by atoms with Gasteiger partial charge >= 0.3 is 0 Å². The van der Waals surface area contributed by atoms with Crippen molar-refractivity contribution in [2.24, 2.45) is 5.41 Å². The Balaban J connectivity index is 1.93. The van der Waals surface area contributed by atoms with E-state index in [9.17, 15) is 0 Å². The van der Waals surface area contributed by atoms with Gasteiger partial charge in [-0.15, -0.1) is 0 Å². The second-order valence-electron chi connectivity index (χ2n) is 6.42. The number of piperazine rings is 1. The molecule has 0 aliphatic carbocycles. The number of likely N-dealkylation sites (N-methyl/N-ethyl adjacent to an activating group) is 1. The summed E-state index contributed by atoms with van der Waals surface area (Å²) in [5, 5.41) is 3.41. The molecule has 0 bridgehead atoms. The Labute approximate surface area is 118 Å². The topological polar surface area (TPSA) is 27.7 Å². The van der Waals surface area contributed by atoms with Gasteiger partial charge in [0.2, 0.25) is 0 Å². The molecular weight excluding hydrogens is 238 g/mol. The first kappa shape index (κ1) is 15.2. The minimum atomic E-state index is 0.432. The summed E-state index contributed by atoms with van der Waals surface area (Å²) in [7, 11) is 4.35. The summed E-state index contributed by atoms with van der Waals surface area (Å²) in [6.07, 6.45) is 3.67. The van der Waals surface area contributed by atoms with E-state index in [0.29, 0.717) is 5.41 Å². The van der Waals surface area contributed by atoms with Crippen molar-refractivity contribution in [3.63, 3.8) is 0 Å². The summed E-state index contributed by atoms with van der Waals surface area (Å²) < 4.78 is 5.57. The first-order chi connectivity index (χ1) is 9.19. The van der Waals surface area contributed by atoms with Crippen molar-refractivity contribution in [2.75, 3.05) is 60.0 Å².